The minimum absolute atomic E-state index is 0.128. The molecule has 1 aromatic carbocycles. The van der Waals surface area contributed by atoms with Gasteiger partial charge < -0.3 is 5.11 Å². The standard InChI is InChI=1S/C16H20BrF2NO/c17-12-6-7-13(18)11(16(12)19)9-20-8-2-4-14(20)10-3-1-5-15(10)21/h6-7,10,14-15,21H,1-5,8-9H2. The van der Waals surface area contributed by atoms with E-state index in [9.17, 15) is 13.9 Å². The summed E-state index contributed by atoms with van der Waals surface area (Å²) >= 11 is 3.12. The van der Waals surface area contributed by atoms with Gasteiger partial charge in [0.05, 0.1) is 10.6 Å². The highest BCUT2D eigenvalue weighted by atomic mass is 79.9. The Kier molecular flexibility index (Phi) is 4.62. The highest BCUT2D eigenvalue weighted by Gasteiger charge is 2.38. The van der Waals surface area contributed by atoms with Crippen LogP contribution in [0.25, 0.3) is 0 Å². The molecule has 2 nitrogen and oxygen atoms in total. The normalized spacial score (nSPS) is 30.2. The molecule has 1 heterocycles. The van der Waals surface area contributed by atoms with Crippen LogP contribution in [0.15, 0.2) is 16.6 Å². The van der Waals surface area contributed by atoms with E-state index in [1.54, 1.807) is 0 Å². The van der Waals surface area contributed by atoms with Crippen molar-refractivity contribution < 1.29 is 13.9 Å². The topological polar surface area (TPSA) is 23.5 Å². The number of hydrogen-bond acceptors (Lipinski definition) is 2. The Morgan fingerprint density at radius 3 is 2.71 bits per heavy atom. The number of aliphatic hydroxyl groups is 1. The molecule has 2 aliphatic rings. The van der Waals surface area contributed by atoms with E-state index in [0.717, 1.165) is 38.6 Å². The maximum atomic E-state index is 14.1. The first-order valence-electron chi connectivity index (χ1n) is 7.62. The van der Waals surface area contributed by atoms with E-state index in [4.69, 9.17) is 0 Å². The number of nitrogens with zero attached hydrogens (tertiary/aromatic N) is 1. The SMILES string of the molecule is OC1CCCC1C1CCCN1Cc1c(F)ccc(Br)c1F. The van der Waals surface area contributed by atoms with E-state index in [-0.39, 0.29) is 30.2 Å². The molecule has 5 heteroatoms. The molecule has 0 aromatic heterocycles. The van der Waals surface area contributed by atoms with Gasteiger partial charge in [0.1, 0.15) is 11.6 Å². The quantitative estimate of drug-likeness (QED) is 0.828. The Bertz CT molecular complexity index is 525. The highest BCUT2D eigenvalue weighted by Crippen LogP contribution is 2.37. The zero-order valence-corrected chi connectivity index (χ0v) is 13.5. The van der Waals surface area contributed by atoms with Crippen LogP contribution in [0.3, 0.4) is 0 Å². The molecule has 3 unspecified atom stereocenters. The molecule has 2 fully saturated rings. The number of aliphatic hydroxyl groups excluding tert-OH is 1. The van der Waals surface area contributed by atoms with Gasteiger partial charge in [-0.05, 0) is 60.3 Å². The molecule has 1 aromatic rings. The van der Waals surface area contributed by atoms with Crippen molar-refractivity contribution in [2.45, 2.75) is 50.8 Å². The van der Waals surface area contributed by atoms with Crippen LogP contribution in [-0.2, 0) is 6.54 Å². The molecule has 1 N–H and O–H groups in total. The van der Waals surface area contributed by atoms with Crippen LogP contribution >= 0.6 is 15.9 Å². The summed E-state index contributed by atoms with van der Waals surface area (Å²) in [6.45, 7) is 1.13. The molecule has 3 rings (SSSR count). The lowest BCUT2D eigenvalue weighted by Crippen LogP contribution is -2.38. The summed E-state index contributed by atoms with van der Waals surface area (Å²) in [5.41, 5.74) is 0.128. The van der Waals surface area contributed by atoms with Crippen molar-refractivity contribution in [2.75, 3.05) is 6.54 Å². The van der Waals surface area contributed by atoms with Crippen molar-refractivity contribution in [3.8, 4) is 0 Å². The van der Waals surface area contributed by atoms with Crippen molar-refractivity contribution in [1.82, 2.24) is 4.90 Å². The second kappa shape index (κ2) is 6.31. The number of halogens is 3. The molecule has 0 amide bonds. The zero-order chi connectivity index (χ0) is 15.0. The monoisotopic (exact) mass is 359 g/mol. The van der Waals surface area contributed by atoms with E-state index in [1.165, 1.54) is 12.1 Å². The molecule has 1 saturated heterocycles. The van der Waals surface area contributed by atoms with E-state index in [2.05, 4.69) is 20.8 Å². The zero-order valence-electron chi connectivity index (χ0n) is 11.9. The van der Waals surface area contributed by atoms with Crippen LogP contribution in [0.2, 0.25) is 0 Å². The third-order valence-corrected chi connectivity index (χ3v) is 5.55. The highest BCUT2D eigenvalue weighted by molar-refractivity contribution is 9.10. The minimum Gasteiger partial charge on any atom is -0.393 e. The van der Waals surface area contributed by atoms with Crippen LogP contribution in [-0.4, -0.2) is 28.7 Å². The fourth-order valence-corrected chi connectivity index (χ4v) is 4.24. The molecule has 0 bridgehead atoms. The summed E-state index contributed by atoms with van der Waals surface area (Å²) in [7, 11) is 0. The molecular weight excluding hydrogens is 340 g/mol. The summed E-state index contributed by atoms with van der Waals surface area (Å²) in [4.78, 5) is 2.15. The molecule has 116 valence electrons. The maximum Gasteiger partial charge on any atom is 0.144 e. The minimum atomic E-state index is -0.507. The Morgan fingerprint density at radius 1 is 1.19 bits per heavy atom. The lowest BCUT2D eigenvalue weighted by atomic mass is 9.94. The fourth-order valence-electron chi connectivity index (χ4n) is 3.87. The second-order valence-electron chi connectivity index (χ2n) is 6.16. The third kappa shape index (κ3) is 3.01. The summed E-state index contributed by atoms with van der Waals surface area (Å²) in [6.07, 6.45) is 4.72. The van der Waals surface area contributed by atoms with Crippen molar-refractivity contribution in [2.24, 2.45) is 5.92 Å². The number of likely N-dealkylation sites (tertiary alicyclic amines) is 1. The van der Waals surface area contributed by atoms with Gasteiger partial charge in [0.15, 0.2) is 0 Å². The molecule has 1 saturated carbocycles. The van der Waals surface area contributed by atoms with Crippen LogP contribution in [0.1, 0.15) is 37.7 Å². The van der Waals surface area contributed by atoms with E-state index in [0.29, 0.717) is 4.47 Å². The van der Waals surface area contributed by atoms with Gasteiger partial charge in [0.2, 0.25) is 0 Å². The third-order valence-electron chi connectivity index (χ3n) is 4.94. The number of hydrogen-bond donors (Lipinski definition) is 1. The summed E-state index contributed by atoms with van der Waals surface area (Å²) in [5.74, 6) is -0.744. The van der Waals surface area contributed by atoms with E-state index < -0.39 is 11.6 Å². The Morgan fingerprint density at radius 2 is 2.00 bits per heavy atom. The van der Waals surface area contributed by atoms with Gasteiger partial charge in [-0.25, -0.2) is 8.78 Å². The summed E-state index contributed by atoms with van der Waals surface area (Å²) < 4.78 is 28.4. The van der Waals surface area contributed by atoms with Crippen molar-refractivity contribution in [3.05, 3.63) is 33.8 Å². The molecule has 3 atom stereocenters. The number of rotatable bonds is 3. The maximum absolute atomic E-state index is 14.1. The molecular formula is C16H20BrF2NO. The van der Waals surface area contributed by atoms with Gasteiger partial charge in [-0.2, -0.15) is 0 Å². The van der Waals surface area contributed by atoms with Crippen LogP contribution in [0.5, 0.6) is 0 Å². The average Bonchev–Trinajstić information content (AvgIpc) is 3.07. The molecule has 0 spiro atoms. The predicted molar refractivity (Wildman–Crippen MR) is 80.8 cm³/mol. The Balaban J connectivity index is 1.79. The fraction of sp³-hybridized carbons (Fsp3) is 0.625. The van der Waals surface area contributed by atoms with E-state index in [1.807, 2.05) is 0 Å². The molecule has 1 aliphatic carbocycles. The van der Waals surface area contributed by atoms with Crippen molar-refractivity contribution >= 4 is 15.9 Å². The van der Waals surface area contributed by atoms with Crippen LogP contribution in [0, 0.1) is 17.6 Å². The summed E-state index contributed by atoms with van der Waals surface area (Å²) in [6, 6.07) is 2.95. The van der Waals surface area contributed by atoms with E-state index >= 15 is 0 Å². The van der Waals surface area contributed by atoms with Gasteiger partial charge in [-0.15, -0.1) is 0 Å². The molecule has 0 radical (unpaired) electrons. The smallest absolute Gasteiger partial charge is 0.144 e. The number of benzene rings is 1. The van der Waals surface area contributed by atoms with Gasteiger partial charge in [0.25, 0.3) is 0 Å². The molecule has 1 aliphatic heterocycles. The van der Waals surface area contributed by atoms with Gasteiger partial charge in [0, 0.05) is 24.1 Å². The lowest BCUT2D eigenvalue weighted by Gasteiger charge is -2.31. The second-order valence-corrected chi connectivity index (χ2v) is 7.02. The van der Waals surface area contributed by atoms with Crippen molar-refractivity contribution in [3.63, 3.8) is 0 Å². The van der Waals surface area contributed by atoms with Gasteiger partial charge >= 0.3 is 0 Å². The Labute approximate surface area is 132 Å². The predicted octanol–water partition coefficient (Wildman–Crippen LogP) is 3.85. The first kappa shape index (κ1) is 15.4. The largest absolute Gasteiger partial charge is 0.393 e. The molecule has 21 heavy (non-hydrogen) atoms. The van der Waals surface area contributed by atoms with Gasteiger partial charge in [-0.3, -0.25) is 4.90 Å². The van der Waals surface area contributed by atoms with Gasteiger partial charge in [-0.1, -0.05) is 6.42 Å². The first-order valence-corrected chi connectivity index (χ1v) is 8.41. The summed E-state index contributed by atoms with van der Waals surface area (Å²) in [5, 5.41) is 10.1. The Hall–Kier alpha value is -0.520. The van der Waals surface area contributed by atoms with Crippen LogP contribution < -0.4 is 0 Å². The van der Waals surface area contributed by atoms with Crippen molar-refractivity contribution in [1.29, 1.82) is 0 Å². The van der Waals surface area contributed by atoms with Crippen LogP contribution in [0.4, 0.5) is 8.78 Å². The lowest BCUT2D eigenvalue weighted by molar-refractivity contribution is 0.0710. The average molecular weight is 360 g/mol. The first-order chi connectivity index (χ1) is 10.1.